The second kappa shape index (κ2) is 4.18. The SMILES string of the molecule is N=C(/N=C\N)c1cccc([N+](=O)[O-])c1O. The summed E-state index contributed by atoms with van der Waals surface area (Å²) in [6.45, 7) is 0. The number of hydrogen-bond acceptors (Lipinski definition) is 4. The lowest BCUT2D eigenvalue weighted by Crippen LogP contribution is -2.01. The van der Waals surface area contributed by atoms with Crippen molar-refractivity contribution < 1.29 is 10.0 Å². The lowest BCUT2D eigenvalue weighted by atomic mass is 10.1. The molecule has 0 radical (unpaired) electrons. The highest BCUT2D eigenvalue weighted by Crippen LogP contribution is 2.29. The molecule has 0 aliphatic carbocycles. The van der Waals surface area contributed by atoms with Crippen molar-refractivity contribution in [1.29, 1.82) is 5.41 Å². The predicted molar refractivity (Wildman–Crippen MR) is 54.3 cm³/mol. The van der Waals surface area contributed by atoms with E-state index in [1.165, 1.54) is 12.1 Å². The molecule has 0 aromatic heterocycles. The molecular formula is C8H8N4O3. The quantitative estimate of drug-likeness (QED) is 0.285. The summed E-state index contributed by atoms with van der Waals surface area (Å²) in [5, 5.41) is 27.3. The minimum atomic E-state index is -0.738. The third-order valence-corrected chi connectivity index (χ3v) is 1.67. The van der Waals surface area contributed by atoms with Crippen LogP contribution in [-0.4, -0.2) is 22.2 Å². The van der Waals surface area contributed by atoms with Crippen molar-refractivity contribution in [2.45, 2.75) is 0 Å². The van der Waals surface area contributed by atoms with Crippen molar-refractivity contribution in [2.24, 2.45) is 10.7 Å². The number of amidine groups is 1. The second-order valence-corrected chi connectivity index (χ2v) is 2.56. The number of aromatic hydroxyl groups is 1. The van der Waals surface area contributed by atoms with Gasteiger partial charge in [-0.25, -0.2) is 4.99 Å². The topological polar surface area (TPSA) is 126 Å². The van der Waals surface area contributed by atoms with Crippen LogP contribution < -0.4 is 5.73 Å². The molecule has 0 aliphatic heterocycles. The Morgan fingerprint density at radius 2 is 2.33 bits per heavy atom. The largest absolute Gasteiger partial charge is 0.502 e. The number of nitrogens with two attached hydrogens (primary N) is 1. The molecule has 15 heavy (non-hydrogen) atoms. The first-order valence-electron chi connectivity index (χ1n) is 3.87. The molecule has 7 heteroatoms. The summed E-state index contributed by atoms with van der Waals surface area (Å²) in [6, 6.07) is 3.84. The van der Waals surface area contributed by atoms with E-state index in [0.717, 1.165) is 12.4 Å². The normalized spacial score (nSPS) is 10.4. The van der Waals surface area contributed by atoms with E-state index in [9.17, 15) is 15.2 Å². The van der Waals surface area contributed by atoms with Crippen LogP contribution in [0.3, 0.4) is 0 Å². The number of phenols is 1. The fourth-order valence-electron chi connectivity index (χ4n) is 1.01. The van der Waals surface area contributed by atoms with E-state index < -0.39 is 16.4 Å². The third kappa shape index (κ3) is 2.08. The van der Waals surface area contributed by atoms with Crippen molar-refractivity contribution in [3.8, 4) is 5.75 Å². The molecule has 4 N–H and O–H groups in total. The summed E-state index contributed by atoms with van der Waals surface area (Å²) in [7, 11) is 0. The van der Waals surface area contributed by atoms with E-state index in [0.29, 0.717) is 0 Å². The molecule has 7 nitrogen and oxygen atoms in total. The summed E-state index contributed by atoms with van der Waals surface area (Å²) in [4.78, 5) is 13.1. The van der Waals surface area contributed by atoms with Gasteiger partial charge >= 0.3 is 5.69 Å². The van der Waals surface area contributed by atoms with Gasteiger partial charge in [0, 0.05) is 6.07 Å². The van der Waals surface area contributed by atoms with Crippen LogP contribution in [0.2, 0.25) is 0 Å². The smallest absolute Gasteiger partial charge is 0.311 e. The summed E-state index contributed by atoms with van der Waals surface area (Å²) < 4.78 is 0. The zero-order chi connectivity index (χ0) is 11.4. The lowest BCUT2D eigenvalue weighted by molar-refractivity contribution is -0.385. The number of nitrogens with one attached hydrogen (secondary N) is 1. The Hall–Kier alpha value is -2.44. The number of rotatable bonds is 2. The molecule has 0 atom stereocenters. The van der Waals surface area contributed by atoms with Gasteiger partial charge in [-0.2, -0.15) is 0 Å². The fourth-order valence-corrected chi connectivity index (χ4v) is 1.01. The Labute approximate surface area is 84.5 Å². The van der Waals surface area contributed by atoms with E-state index in [2.05, 4.69) is 4.99 Å². The molecule has 0 unspecified atom stereocenters. The monoisotopic (exact) mass is 208 g/mol. The van der Waals surface area contributed by atoms with Gasteiger partial charge < -0.3 is 10.8 Å². The van der Waals surface area contributed by atoms with Crippen LogP contribution in [-0.2, 0) is 0 Å². The summed E-state index contributed by atoms with van der Waals surface area (Å²) in [5.41, 5.74) is 4.46. The highest BCUT2D eigenvalue weighted by atomic mass is 16.6. The van der Waals surface area contributed by atoms with Gasteiger partial charge in [-0.15, -0.1) is 0 Å². The number of para-hydroxylation sites is 1. The maximum atomic E-state index is 10.5. The van der Waals surface area contributed by atoms with Crippen LogP contribution in [0.5, 0.6) is 5.75 Å². The van der Waals surface area contributed by atoms with Gasteiger partial charge in [-0.3, -0.25) is 15.5 Å². The zero-order valence-electron chi connectivity index (χ0n) is 7.54. The van der Waals surface area contributed by atoms with E-state index in [1.807, 2.05) is 0 Å². The summed E-state index contributed by atoms with van der Waals surface area (Å²) >= 11 is 0. The number of hydrogen-bond donors (Lipinski definition) is 3. The maximum absolute atomic E-state index is 10.5. The number of benzene rings is 1. The third-order valence-electron chi connectivity index (χ3n) is 1.67. The summed E-state index contributed by atoms with van der Waals surface area (Å²) in [6.07, 6.45) is 0.876. The van der Waals surface area contributed by atoms with Gasteiger partial charge in [0.1, 0.15) is 0 Å². The first-order valence-corrected chi connectivity index (χ1v) is 3.87. The first-order chi connectivity index (χ1) is 7.07. The molecule has 0 amide bonds. The predicted octanol–water partition coefficient (Wildman–Crippen LogP) is 0.613. The molecule has 0 spiro atoms. The van der Waals surface area contributed by atoms with Gasteiger partial charge in [0.15, 0.2) is 5.84 Å². The number of nitro groups is 1. The van der Waals surface area contributed by atoms with Gasteiger partial charge in [0.2, 0.25) is 5.75 Å². The Bertz CT molecular complexity index is 442. The van der Waals surface area contributed by atoms with Gasteiger partial charge in [-0.05, 0) is 6.07 Å². The zero-order valence-corrected chi connectivity index (χ0v) is 7.54. The average molecular weight is 208 g/mol. The molecule has 0 fully saturated rings. The minimum absolute atomic E-state index is 0.0362. The molecule has 0 saturated heterocycles. The fraction of sp³-hybridized carbons (Fsp3) is 0. The molecule has 0 saturated carbocycles. The molecule has 0 bridgehead atoms. The standard InChI is InChI=1S/C8H8N4O3/c9-4-11-8(10)5-2-1-3-6(7(5)13)12(14)15/h1-4,13H,(H3,9,10,11). The summed E-state index contributed by atoms with van der Waals surface area (Å²) in [5.74, 6) is -0.920. The average Bonchev–Trinajstić information content (AvgIpc) is 2.17. The highest BCUT2D eigenvalue weighted by molar-refractivity contribution is 6.03. The van der Waals surface area contributed by atoms with E-state index in [-0.39, 0.29) is 11.4 Å². The van der Waals surface area contributed by atoms with Crippen LogP contribution in [0, 0.1) is 15.5 Å². The lowest BCUT2D eigenvalue weighted by Gasteiger charge is -2.01. The molecule has 78 valence electrons. The molecule has 1 aromatic rings. The Morgan fingerprint density at radius 1 is 1.67 bits per heavy atom. The van der Waals surface area contributed by atoms with Crippen molar-refractivity contribution in [3.05, 3.63) is 33.9 Å². The Kier molecular flexibility index (Phi) is 2.97. The first kappa shape index (κ1) is 10.6. The molecule has 0 aliphatic rings. The van der Waals surface area contributed by atoms with Crippen molar-refractivity contribution >= 4 is 17.9 Å². The van der Waals surface area contributed by atoms with Crippen molar-refractivity contribution in [1.82, 2.24) is 0 Å². The van der Waals surface area contributed by atoms with Crippen LogP contribution in [0.4, 0.5) is 5.69 Å². The maximum Gasteiger partial charge on any atom is 0.311 e. The van der Waals surface area contributed by atoms with E-state index in [1.54, 1.807) is 0 Å². The molecular weight excluding hydrogens is 200 g/mol. The number of aliphatic imine (C=N–C) groups is 1. The van der Waals surface area contributed by atoms with E-state index >= 15 is 0 Å². The number of phenolic OH excluding ortho intramolecular Hbond substituents is 1. The van der Waals surface area contributed by atoms with Crippen molar-refractivity contribution in [3.63, 3.8) is 0 Å². The highest BCUT2D eigenvalue weighted by Gasteiger charge is 2.18. The van der Waals surface area contributed by atoms with Crippen molar-refractivity contribution in [2.75, 3.05) is 0 Å². The molecule has 1 aromatic carbocycles. The van der Waals surface area contributed by atoms with Gasteiger partial charge in [-0.1, -0.05) is 6.07 Å². The van der Waals surface area contributed by atoms with Crippen LogP contribution >= 0.6 is 0 Å². The van der Waals surface area contributed by atoms with Gasteiger partial charge in [0.25, 0.3) is 0 Å². The van der Waals surface area contributed by atoms with Crippen LogP contribution in [0.25, 0.3) is 0 Å². The number of nitrogens with zero attached hydrogens (tertiary/aromatic N) is 2. The van der Waals surface area contributed by atoms with Gasteiger partial charge in [0.05, 0.1) is 16.8 Å². The van der Waals surface area contributed by atoms with E-state index in [4.69, 9.17) is 11.1 Å². The van der Waals surface area contributed by atoms with Crippen LogP contribution in [0.1, 0.15) is 5.56 Å². The number of nitro benzene ring substituents is 1. The molecule has 0 heterocycles. The molecule has 1 rings (SSSR count). The Morgan fingerprint density at radius 3 is 2.87 bits per heavy atom. The minimum Gasteiger partial charge on any atom is -0.502 e. The second-order valence-electron chi connectivity index (χ2n) is 2.56. The van der Waals surface area contributed by atoms with Crippen LogP contribution in [0.15, 0.2) is 23.2 Å². The Balaban J connectivity index is 3.27.